The zero-order valence-electron chi connectivity index (χ0n) is 12.2. The predicted octanol–water partition coefficient (Wildman–Crippen LogP) is 2.67. The van der Waals surface area contributed by atoms with Crippen LogP contribution >= 0.6 is 0 Å². The lowest BCUT2D eigenvalue weighted by atomic mass is 9.96. The third-order valence-electron chi connectivity index (χ3n) is 4.47. The normalized spacial score (nSPS) is 23.4. The minimum atomic E-state index is -0.528. The number of hydrogen-bond donors (Lipinski definition) is 1. The van der Waals surface area contributed by atoms with Crippen LogP contribution in [0, 0.1) is 5.82 Å². The molecule has 1 N–H and O–H groups in total. The van der Waals surface area contributed by atoms with Crippen LogP contribution < -0.4 is 10.1 Å². The lowest BCUT2D eigenvalue weighted by Crippen LogP contribution is -2.36. The van der Waals surface area contributed by atoms with E-state index in [0.29, 0.717) is 12.2 Å². The smallest absolute Gasteiger partial charge is 0.251 e. The highest BCUT2D eigenvalue weighted by Crippen LogP contribution is 2.40. The fourth-order valence-corrected chi connectivity index (χ4v) is 3.38. The van der Waals surface area contributed by atoms with Crippen LogP contribution in [0.4, 0.5) is 4.39 Å². The second kappa shape index (κ2) is 5.64. The highest BCUT2D eigenvalue weighted by molar-refractivity contribution is 5.94. The van der Waals surface area contributed by atoms with Crippen LogP contribution in [0.15, 0.2) is 18.2 Å². The molecule has 0 aromatic heterocycles. The van der Waals surface area contributed by atoms with Gasteiger partial charge in [0.2, 0.25) is 0 Å². The summed E-state index contributed by atoms with van der Waals surface area (Å²) >= 11 is 0. The highest BCUT2D eigenvalue weighted by atomic mass is 19.1. The van der Waals surface area contributed by atoms with Crippen LogP contribution in [0.5, 0.6) is 5.75 Å². The maximum atomic E-state index is 13.6. The number of hydrogen-bond acceptors (Lipinski definition) is 3. The zero-order valence-corrected chi connectivity index (χ0v) is 12.2. The van der Waals surface area contributed by atoms with Crippen LogP contribution in [0.3, 0.4) is 0 Å². The Hall–Kier alpha value is -1.62. The Morgan fingerprint density at radius 3 is 2.86 bits per heavy atom. The van der Waals surface area contributed by atoms with E-state index < -0.39 is 5.82 Å². The number of carbonyl (C=O) groups excluding carboxylic acids is 1. The van der Waals surface area contributed by atoms with Crippen molar-refractivity contribution in [2.24, 2.45) is 0 Å². The lowest BCUT2D eigenvalue weighted by Gasteiger charge is -2.21. The molecule has 0 unspecified atom stereocenters. The van der Waals surface area contributed by atoms with Crippen molar-refractivity contribution in [3.8, 4) is 5.75 Å². The SMILES string of the molecule is COc1ccc(C(=O)N[C@H]2COC3(CCCC3)C2)cc1F. The van der Waals surface area contributed by atoms with Gasteiger partial charge in [-0.2, -0.15) is 0 Å². The molecule has 1 aromatic rings. The number of carbonyl (C=O) groups is 1. The highest BCUT2D eigenvalue weighted by Gasteiger charge is 2.42. The van der Waals surface area contributed by atoms with Gasteiger partial charge in [-0.1, -0.05) is 12.8 Å². The molecule has 4 nitrogen and oxygen atoms in total. The van der Waals surface area contributed by atoms with Crippen molar-refractivity contribution in [1.29, 1.82) is 0 Å². The van der Waals surface area contributed by atoms with E-state index >= 15 is 0 Å². The summed E-state index contributed by atoms with van der Waals surface area (Å²) < 4.78 is 24.4. The molecule has 0 radical (unpaired) electrons. The summed E-state index contributed by atoms with van der Waals surface area (Å²) in [6, 6.07) is 4.25. The number of nitrogens with one attached hydrogen (secondary N) is 1. The van der Waals surface area contributed by atoms with Gasteiger partial charge in [-0.25, -0.2) is 4.39 Å². The Balaban J connectivity index is 1.63. The number of ether oxygens (including phenoxy) is 2. The molecule has 114 valence electrons. The summed E-state index contributed by atoms with van der Waals surface area (Å²) in [6.07, 6.45) is 5.42. The molecule has 1 aliphatic heterocycles. The fraction of sp³-hybridized carbons (Fsp3) is 0.562. The first kappa shape index (κ1) is 14.3. The zero-order chi connectivity index (χ0) is 14.9. The van der Waals surface area contributed by atoms with E-state index in [1.807, 2.05) is 0 Å². The van der Waals surface area contributed by atoms with Gasteiger partial charge < -0.3 is 14.8 Å². The quantitative estimate of drug-likeness (QED) is 0.932. The standard InChI is InChI=1S/C16H20FNO3/c1-20-14-5-4-11(8-13(14)17)15(19)18-12-9-16(21-10-12)6-2-3-7-16/h4-5,8,12H,2-3,6-7,9-10H2,1H3,(H,18,19)/t12-/m1/s1. The molecule has 1 saturated carbocycles. The van der Waals surface area contributed by atoms with E-state index in [0.717, 1.165) is 19.3 Å². The average molecular weight is 293 g/mol. The van der Waals surface area contributed by atoms with Gasteiger partial charge in [-0.15, -0.1) is 0 Å². The maximum Gasteiger partial charge on any atom is 0.251 e. The Morgan fingerprint density at radius 1 is 1.43 bits per heavy atom. The van der Waals surface area contributed by atoms with E-state index in [1.165, 1.54) is 32.1 Å². The first-order valence-corrected chi connectivity index (χ1v) is 7.40. The number of benzene rings is 1. The Kier molecular flexibility index (Phi) is 3.85. The molecule has 1 amide bonds. The average Bonchev–Trinajstić information content (AvgIpc) is 3.09. The Labute approximate surface area is 123 Å². The van der Waals surface area contributed by atoms with Crippen LogP contribution in [0.2, 0.25) is 0 Å². The number of methoxy groups -OCH3 is 1. The monoisotopic (exact) mass is 293 g/mol. The third kappa shape index (κ3) is 2.88. The summed E-state index contributed by atoms with van der Waals surface area (Å²) in [7, 11) is 1.40. The Morgan fingerprint density at radius 2 is 2.19 bits per heavy atom. The van der Waals surface area contributed by atoms with Crippen molar-refractivity contribution in [3.05, 3.63) is 29.6 Å². The molecule has 5 heteroatoms. The second-order valence-electron chi connectivity index (χ2n) is 5.92. The number of rotatable bonds is 3. The van der Waals surface area contributed by atoms with Crippen LogP contribution in [0.1, 0.15) is 42.5 Å². The van der Waals surface area contributed by atoms with Crippen molar-refractivity contribution < 1.29 is 18.7 Å². The van der Waals surface area contributed by atoms with E-state index in [1.54, 1.807) is 6.07 Å². The van der Waals surface area contributed by atoms with Crippen molar-refractivity contribution in [2.45, 2.75) is 43.7 Å². The van der Waals surface area contributed by atoms with Crippen molar-refractivity contribution in [3.63, 3.8) is 0 Å². The summed E-state index contributed by atoms with van der Waals surface area (Å²) in [5, 5.41) is 2.94. The molecule has 1 atom stereocenters. The lowest BCUT2D eigenvalue weighted by molar-refractivity contribution is 0.00988. The van der Waals surface area contributed by atoms with E-state index in [2.05, 4.69) is 5.32 Å². The van der Waals surface area contributed by atoms with Crippen molar-refractivity contribution in [2.75, 3.05) is 13.7 Å². The molecule has 1 spiro atoms. The van der Waals surface area contributed by atoms with Gasteiger partial charge in [-0.3, -0.25) is 4.79 Å². The predicted molar refractivity (Wildman–Crippen MR) is 76.0 cm³/mol. The molecular weight excluding hydrogens is 273 g/mol. The van der Waals surface area contributed by atoms with Crippen molar-refractivity contribution >= 4 is 5.91 Å². The third-order valence-corrected chi connectivity index (χ3v) is 4.47. The minimum absolute atomic E-state index is 0.0146. The minimum Gasteiger partial charge on any atom is -0.494 e. The van der Waals surface area contributed by atoms with Crippen molar-refractivity contribution in [1.82, 2.24) is 5.32 Å². The summed E-state index contributed by atoms with van der Waals surface area (Å²) in [5.41, 5.74) is 0.281. The maximum absolute atomic E-state index is 13.6. The molecule has 1 aromatic carbocycles. The van der Waals surface area contributed by atoms with Crippen LogP contribution in [0.25, 0.3) is 0 Å². The van der Waals surface area contributed by atoms with Gasteiger partial charge in [-0.05, 0) is 37.5 Å². The first-order chi connectivity index (χ1) is 10.1. The van der Waals surface area contributed by atoms with Crippen LogP contribution in [-0.2, 0) is 4.74 Å². The van der Waals surface area contributed by atoms with Gasteiger partial charge in [0.1, 0.15) is 0 Å². The topological polar surface area (TPSA) is 47.6 Å². The first-order valence-electron chi connectivity index (χ1n) is 7.40. The molecule has 1 saturated heterocycles. The number of amides is 1. The summed E-state index contributed by atoms with van der Waals surface area (Å²) in [5.74, 6) is -0.652. The molecule has 0 bridgehead atoms. The van der Waals surface area contributed by atoms with E-state index in [9.17, 15) is 9.18 Å². The second-order valence-corrected chi connectivity index (χ2v) is 5.92. The Bertz CT molecular complexity index is 540. The summed E-state index contributed by atoms with van der Waals surface area (Å²) in [6.45, 7) is 0.546. The molecule has 21 heavy (non-hydrogen) atoms. The summed E-state index contributed by atoms with van der Waals surface area (Å²) in [4.78, 5) is 12.2. The van der Waals surface area contributed by atoms with Gasteiger partial charge >= 0.3 is 0 Å². The molecule has 3 rings (SSSR count). The molecular formula is C16H20FNO3. The van der Waals surface area contributed by atoms with Gasteiger partial charge in [0.25, 0.3) is 5.91 Å². The van der Waals surface area contributed by atoms with Gasteiger partial charge in [0.15, 0.2) is 11.6 Å². The molecule has 2 fully saturated rings. The fourth-order valence-electron chi connectivity index (χ4n) is 3.38. The largest absolute Gasteiger partial charge is 0.494 e. The molecule has 1 heterocycles. The van der Waals surface area contributed by atoms with E-state index in [4.69, 9.17) is 9.47 Å². The number of halogens is 1. The van der Waals surface area contributed by atoms with E-state index in [-0.39, 0.29) is 23.3 Å². The molecule has 2 aliphatic rings. The molecule has 1 aliphatic carbocycles. The van der Waals surface area contributed by atoms with Crippen LogP contribution in [-0.4, -0.2) is 31.3 Å². The van der Waals surface area contributed by atoms with Gasteiger partial charge in [0, 0.05) is 5.56 Å². The van der Waals surface area contributed by atoms with Gasteiger partial charge in [0.05, 0.1) is 25.4 Å².